The molecule has 0 aromatic heterocycles. The topological polar surface area (TPSA) is 67.8 Å². The van der Waals surface area contributed by atoms with Crippen molar-refractivity contribution in [3.05, 3.63) is 22.2 Å². The van der Waals surface area contributed by atoms with Gasteiger partial charge in [0.1, 0.15) is 18.8 Å². The van der Waals surface area contributed by atoms with Gasteiger partial charge in [-0.2, -0.15) is 0 Å². The summed E-state index contributed by atoms with van der Waals surface area (Å²) >= 11 is 3.50. The number of benzene rings is 1. The summed E-state index contributed by atoms with van der Waals surface area (Å²) in [6.07, 6.45) is 1.06. The number of fused-ring (bicyclic) bond motifs is 1. The van der Waals surface area contributed by atoms with Gasteiger partial charge in [0.15, 0.2) is 11.5 Å². The molecule has 21 heavy (non-hydrogen) atoms. The molecule has 1 heterocycles. The lowest BCUT2D eigenvalue weighted by atomic mass is 9.92. The highest BCUT2D eigenvalue weighted by Crippen LogP contribution is 2.35. The van der Waals surface area contributed by atoms with Crippen LogP contribution in [0.2, 0.25) is 0 Å². The molecule has 0 fully saturated rings. The molecule has 0 radical (unpaired) electrons. The average molecular weight is 358 g/mol. The zero-order valence-electron chi connectivity index (χ0n) is 12.2. The van der Waals surface area contributed by atoms with Gasteiger partial charge in [-0.15, -0.1) is 0 Å². The summed E-state index contributed by atoms with van der Waals surface area (Å²) in [7, 11) is 0. The Kier molecular flexibility index (Phi) is 5.11. The van der Waals surface area contributed by atoms with Gasteiger partial charge in [-0.25, -0.2) is 0 Å². The molecule has 1 aromatic rings. The number of ether oxygens (including phenoxy) is 2. The molecule has 0 saturated carbocycles. The molecule has 0 spiro atoms. The second-order valence-corrected chi connectivity index (χ2v) is 5.89. The van der Waals surface area contributed by atoms with E-state index < -0.39 is 11.5 Å². The maximum Gasteiger partial charge on any atom is 0.323 e. The van der Waals surface area contributed by atoms with Gasteiger partial charge in [0, 0.05) is 11.0 Å². The zero-order valence-corrected chi connectivity index (χ0v) is 13.8. The van der Waals surface area contributed by atoms with E-state index >= 15 is 0 Å². The lowest BCUT2D eigenvalue weighted by Gasteiger charge is -2.29. The van der Waals surface area contributed by atoms with E-state index in [9.17, 15) is 9.90 Å². The number of aliphatic carboxylic acids is 1. The predicted octanol–water partition coefficient (Wildman–Crippen LogP) is 2.95. The third kappa shape index (κ3) is 3.32. The molecule has 0 atom stereocenters. The Labute approximate surface area is 132 Å². The first-order chi connectivity index (χ1) is 10.0. The van der Waals surface area contributed by atoms with E-state index in [2.05, 4.69) is 21.2 Å². The highest BCUT2D eigenvalue weighted by Gasteiger charge is 2.34. The SMILES string of the molecule is CCC(CC)(NCc1cc2c(cc1Br)OCCO2)C(=O)O. The number of carbonyl (C=O) groups is 1. The van der Waals surface area contributed by atoms with Crippen LogP contribution in [0.1, 0.15) is 32.3 Å². The lowest BCUT2D eigenvalue weighted by Crippen LogP contribution is -2.50. The fraction of sp³-hybridized carbons (Fsp3) is 0.533. The van der Waals surface area contributed by atoms with E-state index in [0.717, 1.165) is 10.0 Å². The van der Waals surface area contributed by atoms with Gasteiger partial charge in [-0.1, -0.05) is 29.8 Å². The van der Waals surface area contributed by atoms with Crippen LogP contribution < -0.4 is 14.8 Å². The smallest absolute Gasteiger partial charge is 0.323 e. The van der Waals surface area contributed by atoms with Gasteiger partial charge in [0.05, 0.1) is 0 Å². The van der Waals surface area contributed by atoms with Crippen LogP contribution in [-0.2, 0) is 11.3 Å². The number of nitrogens with one attached hydrogen (secondary N) is 1. The summed E-state index contributed by atoms with van der Waals surface area (Å²) in [4.78, 5) is 11.5. The van der Waals surface area contributed by atoms with Gasteiger partial charge in [-0.05, 0) is 30.5 Å². The van der Waals surface area contributed by atoms with Gasteiger partial charge < -0.3 is 14.6 Å². The van der Waals surface area contributed by atoms with E-state index in [1.54, 1.807) is 0 Å². The third-order valence-corrected chi connectivity index (χ3v) is 4.68. The molecule has 0 aliphatic carbocycles. The van der Waals surface area contributed by atoms with Crippen LogP contribution in [0.4, 0.5) is 0 Å². The molecule has 0 unspecified atom stereocenters. The Morgan fingerprint density at radius 3 is 2.38 bits per heavy atom. The fourth-order valence-electron chi connectivity index (χ4n) is 2.38. The van der Waals surface area contributed by atoms with Gasteiger partial charge in [0.2, 0.25) is 0 Å². The lowest BCUT2D eigenvalue weighted by molar-refractivity contribution is -0.145. The Morgan fingerprint density at radius 1 is 1.29 bits per heavy atom. The molecule has 1 aliphatic heterocycles. The second-order valence-electron chi connectivity index (χ2n) is 5.04. The molecule has 6 heteroatoms. The Morgan fingerprint density at radius 2 is 1.86 bits per heavy atom. The summed E-state index contributed by atoms with van der Waals surface area (Å²) in [5.74, 6) is 0.601. The second kappa shape index (κ2) is 6.66. The molecule has 0 bridgehead atoms. The molecule has 1 aliphatic rings. The van der Waals surface area contributed by atoms with E-state index in [0.29, 0.717) is 44.1 Å². The number of hydrogen-bond acceptors (Lipinski definition) is 4. The van der Waals surface area contributed by atoms with Crippen molar-refractivity contribution in [2.75, 3.05) is 13.2 Å². The highest BCUT2D eigenvalue weighted by atomic mass is 79.9. The number of carboxylic acid groups (broad SMARTS) is 1. The Bertz CT molecular complexity index is 529. The zero-order chi connectivity index (χ0) is 15.5. The molecule has 2 rings (SSSR count). The molecule has 1 aromatic carbocycles. The largest absolute Gasteiger partial charge is 0.486 e. The van der Waals surface area contributed by atoms with Crippen LogP contribution in [0.15, 0.2) is 16.6 Å². The van der Waals surface area contributed by atoms with Crippen molar-refractivity contribution in [2.45, 2.75) is 38.8 Å². The first kappa shape index (κ1) is 16.1. The van der Waals surface area contributed by atoms with E-state index in [-0.39, 0.29) is 0 Å². The third-order valence-electron chi connectivity index (χ3n) is 3.94. The van der Waals surface area contributed by atoms with Crippen molar-refractivity contribution in [2.24, 2.45) is 0 Å². The maximum atomic E-state index is 11.5. The van der Waals surface area contributed by atoms with Crippen LogP contribution in [0.5, 0.6) is 11.5 Å². The Balaban J connectivity index is 2.18. The number of carboxylic acids is 1. The summed E-state index contributed by atoms with van der Waals surface area (Å²) in [5, 5.41) is 12.6. The quantitative estimate of drug-likeness (QED) is 0.819. The minimum atomic E-state index is -0.896. The molecular weight excluding hydrogens is 338 g/mol. The highest BCUT2D eigenvalue weighted by molar-refractivity contribution is 9.10. The summed E-state index contributed by atoms with van der Waals surface area (Å²) in [6.45, 7) is 5.29. The van der Waals surface area contributed by atoms with Crippen LogP contribution in [0.3, 0.4) is 0 Å². The van der Waals surface area contributed by atoms with Crippen molar-refractivity contribution >= 4 is 21.9 Å². The van der Waals surface area contributed by atoms with Crippen LogP contribution in [-0.4, -0.2) is 29.8 Å². The number of hydrogen-bond donors (Lipinski definition) is 2. The van der Waals surface area contributed by atoms with Crippen LogP contribution in [0, 0.1) is 0 Å². The van der Waals surface area contributed by atoms with Gasteiger partial charge in [-0.3, -0.25) is 10.1 Å². The number of halogens is 1. The summed E-state index contributed by atoms with van der Waals surface area (Å²) in [5.41, 5.74) is 0.0546. The van der Waals surface area contributed by atoms with Crippen molar-refractivity contribution in [1.29, 1.82) is 0 Å². The molecule has 5 nitrogen and oxygen atoms in total. The first-order valence-electron chi connectivity index (χ1n) is 7.09. The predicted molar refractivity (Wildman–Crippen MR) is 82.9 cm³/mol. The minimum absolute atomic E-state index is 0.450. The molecule has 116 valence electrons. The molecular formula is C15H20BrNO4. The summed E-state index contributed by atoms with van der Waals surface area (Å²) < 4.78 is 12.0. The monoisotopic (exact) mass is 357 g/mol. The Hall–Kier alpha value is -1.27. The molecule has 0 saturated heterocycles. The van der Waals surface area contributed by atoms with Crippen LogP contribution in [0.25, 0.3) is 0 Å². The molecule has 2 N–H and O–H groups in total. The summed E-state index contributed by atoms with van der Waals surface area (Å²) in [6, 6.07) is 3.76. The fourth-order valence-corrected chi connectivity index (χ4v) is 2.85. The van der Waals surface area contributed by atoms with Crippen LogP contribution >= 0.6 is 15.9 Å². The van der Waals surface area contributed by atoms with Crippen molar-refractivity contribution in [3.8, 4) is 11.5 Å². The van der Waals surface area contributed by atoms with E-state index in [4.69, 9.17) is 9.47 Å². The van der Waals surface area contributed by atoms with E-state index in [1.165, 1.54) is 0 Å². The normalized spacial score (nSPS) is 14.0. The first-order valence-corrected chi connectivity index (χ1v) is 7.88. The van der Waals surface area contributed by atoms with Gasteiger partial charge in [0.25, 0.3) is 0 Å². The maximum absolute atomic E-state index is 11.5. The van der Waals surface area contributed by atoms with Crippen molar-refractivity contribution in [1.82, 2.24) is 5.32 Å². The number of rotatable bonds is 6. The standard InChI is InChI=1S/C15H20BrNO4/c1-3-15(4-2,14(18)19)17-9-10-7-12-13(8-11(10)16)21-6-5-20-12/h7-8,17H,3-6,9H2,1-2H3,(H,18,19). The van der Waals surface area contributed by atoms with E-state index in [1.807, 2.05) is 26.0 Å². The minimum Gasteiger partial charge on any atom is -0.486 e. The van der Waals surface area contributed by atoms with Crippen molar-refractivity contribution < 1.29 is 19.4 Å². The molecule has 0 amide bonds. The average Bonchev–Trinajstić information content (AvgIpc) is 2.48. The van der Waals surface area contributed by atoms with Gasteiger partial charge >= 0.3 is 5.97 Å². The van der Waals surface area contributed by atoms with Crippen molar-refractivity contribution in [3.63, 3.8) is 0 Å².